The van der Waals surface area contributed by atoms with Gasteiger partial charge in [-0.1, -0.05) is 11.6 Å². The Morgan fingerprint density at radius 3 is 2.60 bits per heavy atom. The van der Waals surface area contributed by atoms with Crippen LogP contribution in [-0.2, 0) is 4.74 Å². The quantitative estimate of drug-likeness (QED) is 0.493. The molecule has 4 rings (SSSR count). The topological polar surface area (TPSA) is 103 Å². The summed E-state index contributed by atoms with van der Waals surface area (Å²) in [7, 11) is 0. The summed E-state index contributed by atoms with van der Waals surface area (Å²) in [5.41, 5.74) is 2.43. The second-order valence-electron chi connectivity index (χ2n) is 6.66. The van der Waals surface area contributed by atoms with E-state index in [9.17, 15) is 14.9 Å². The first-order chi connectivity index (χ1) is 14.5. The summed E-state index contributed by atoms with van der Waals surface area (Å²) in [6, 6.07) is 11.3. The lowest BCUT2D eigenvalue weighted by molar-refractivity contribution is -0.384. The van der Waals surface area contributed by atoms with Gasteiger partial charge in [-0.05, 0) is 30.3 Å². The fourth-order valence-corrected chi connectivity index (χ4v) is 3.36. The number of hydrogen-bond acceptors (Lipinski definition) is 6. The second-order valence-corrected chi connectivity index (χ2v) is 7.10. The highest BCUT2D eigenvalue weighted by Gasteiger charge is 2.18. The van der Waals surface area contributed by atoms with Crippen molar-refractivity contribution in [1.82, 2.24) is 9.78 Å². The largest absolute Gasteiger partial charge is 0.378 e. The van der Waals surface area contributed by atoms with E-state index in [0.717, 1.165) is 18.8 Å². The third kappa shape index (κ3) is 4.27. The smallest absolute Gasteiger partial charge is 0.269 e. The van der Waals surface area contributed by atoms with Gasteiger partial charge >= 0.3 is 0 Å². The maximum Gasteiger partial charge on any atom is 0.269 e. The van der Waals surface area contributed by atoms with Crippen LogP contribution in [0.1, 0.15) is 10.4 Å². The van der Waals surface area contributed by atoms with E-state index in [1.807, 2.05) is 6.07 Å². The average molecular weight is 428 g/mol. The Balaban J connectivity index is 1.53. The molecule has 0 saturated carbocycles. The molecule has 0 spiro atoms. The lowest BCUT2D eigenvalue weighted by atomic mass is 10.2. The van der Waals surface area contributed by atoms with Gasteiger partial charge in [-0.15, -0.1) is 0 Å². The van der Waals surface area contributed by atoms with Gasteiger partial charge in [-0.3, -0.25) is 14.9 Å². The van der Waals surface area contributed by atoms with Gasteiger partial charge < -0.3 is 15.0 Å². The number of nitro groups is 1. The van der Waals surface area contributed by atoms with Crippen molar-refractivity contribution < 1.29 is 14.5 Å². The van der Waals surface area contributed by atoms with Gasteiger partial charge in [-0.2, -0.15) is 5.10 Å². The Morgan fingerprint density at radius 1 is 1.17 bits per heavy atom. The van der Waals surface area contributed by atoms with Gasteiger partial charge in [0.25, 0.3) is 11.6 Å². The molecule has 2 aromatic carbocycles. The van der Waals surface area contributed by atoms with Crippen molar-refractivity contribution in [3.63, 3.8) is 0 Å². The third-order valence-electron chi connectivity index (χ3n) is 4.73. The first-order valence-electron chi connectivity index (χ1n) is 9.24. The summed E-state index contributed by atoms with van der Waals surface area (Å²) in [6.07, 6.45) is 3.01. The molecular formula is C20H18ClN5O4. The van der Waals surface area contributed by atoms with Crippen LogP contribution in [0.5, 0.6) is 0 Å². The Hall–Kier alpha value is -3.43. The van der Waals surface area contributed by atoms with Gasteiger partial charge in [0.2, 0.25) is 0 Å². The number of anilines is 2. The fraction of sp³-hybridized carbons (Fsp3) is 0.200. The number of rotatable bonds is 5. The van der Waals surface area contributed by atoms with Crippen LogP contribution < -0.4 is 10.2 Å². The molecule has 9 nitrogen and oxygen atoms in total. The third-order valence-corrected chi connectivity index (χ3v) is 4.96. The highest BCUT2D eigenvalue weighted by atomic mass is 35.5. The Labute approximate surface area is 177 Å². The summed E-state index contributed by atoms with van der Waals surface area (Å²) in [5, 5.41) is 18.4. The first kappa shape index (κ1) is 19.9. The van der Waals surface area contributed by atoms with Crippen molar-refractivity contribution in [3.8, 4) is 5.69 Å². The van der Waals surface area contributed by atoms with Crippen molar-refractivity contribution in [1.29, 1.82) is 0 Å². The minimum Gasteiger partial charge on any atom is -0.378 e. The number of morpholine rings is 1. The Bertz CT molecular complexity index is 1080. The van der Waals surface area contributed by atoms with E-state index in [-0.39, 0.29) is 11.6 Å². The Kier molecular flexibility index (Phi) is 5.64. The van der Waals surface area contributed by atoms with E-state index in [2.05, 4.69) is 15.3 Å². The number of benzene rings is 2. The second kappa shape index (κ2) is 8.52. The standard InChI is InChI=1S/C20H18ClN5O4/c21-15-1-6-19(24-7-9-30-10-8-24)18(11-15)23-20(27)14-12-22-25(13-14)16-2-4-17(5-3-16)26(28)29/h1-6,11-13H,7-10H2,(H,23,27). The average Bonchev–Trinajstić information content (AvgIpc) is 3.25. The molecule has 1 fully saturated rings. The minimum atomic E-state index is -0.469. The number of halogens is 1. The number of nitrogens with zero attached hydrogens (tertiary/aromatic N) is 4. The number of aromatic nitrogens is 2. The van der Waals surface area contributed by atoms with E-state index in [1.165, 1.54) is 23.0 Å². The fourth-order valence-electron chi connectivity index (χ4n) is 3.19. The molecule has 1 N–H and O–H groups in total. The predicted molar refractivity (Wildman–Crippen MR) is 113 cm³/mol. The molecule has 1 aliphatic rings. The zero-order valence-corrected chi connectivity index (χ0v) is 16.6. The monoisotopic (exact) mass is 427 g/mol. The molecule has 0 atom stereocenters. The van der Waals surface area contributed by atoms with Crippen LogP contribution >= 0.6 is 11.6 Å². The first-order valence-corrected chi connectivity index (χ1v) is 9.62. The molecule has 0 unspecified atom stereocenters. The van der Waals surface area contributed by atoms with Crippen molar-refractivity contribution in [2.45, 2.75) is 0 Å². The van der Waals surface area contributed by atoms with Crippen LogP contribution in [0, 0.1) is 10.1 Å². The zero-order valence-electron chi connectivity index (χ0n) is 15.8. The van der Waals surface area contributed by atoms with E-state index in [4.69, 9.17) is 16.3 Å². The van der Waals surface area contributed by atoms with Crippen LogP contribution in [0.3, 0.4) is 0 Å². The van der Waals surface area contributed by atoms with Gasteiger partial charge in [-0.25, -0.2) is 4.68 Å². The lowest BCUT2D eigenvalue weighted by Gasteiger charge is -2.30. The number of hydrogen-bond donors (Lipinski definition) is 1. The molecule has 3 aromatic rings. The van der Waals surface area contributed by atoms with Crippen LogP contribution in [-0.4, -0.2) is 46.9 Å². The number of non-ortho nitro benzene ring substituents is 1. The number of nitrogens with one attached hydrogen (secondary N) is 1. The van der Waals surface area contributed by atoms with Crippen molar-refractivity contribution >= 4 is 34.6 Å². The molecule has 10 heteroatoms. The maximum absolute atomic E-state index is 12.8. The molecule has 30 heavy (non-hydrogen) atoms. The van der Waals surface area contributed by atoms with Crippen LogP contribution in [0.2, 0.25) is 5.02 Å². The van der Waals surface area contributed by atoms with Gasteiger partial charge in [0.15, 0.2) is 0 Å². The SMILES string of the molecule is O=C(Nc1cc(Cl)ccc1N1CCOCC1)c1cnn(-c2ccc([N+](=O)[O-])cc2)c1. The highest BCUT2D eigenvalue weighted by Crippen LogP contribution is 2.30. The number of carbonyl (C=O) groups excluding carboxylic acids is 1. The number of nitro benzene ring substituents is 1. The molecule has 1 saturated heterocycles. The van der Waals surface area contributed by atoms with E-state index >= 15 is 0 Å². The van der Waals surface area contributed by atoms with Crippen molar-refractivity contribution in [2.24, 2.45) is 0 Å². The summed E-state index contributed by atoms with van der Waals surface area (Å²) in [4.78, 5) is 25.3. The van der Waals surface area contributed by atoms with E-state index in [1.54, 1.807) is 30.5 Å². The molecular weight excluding hydrogens is 410 g/mol. The normalized spacial score (nSPS) is 13.8. The summed E-state index contributed by atoms with van der Waals surface area (Å²) in [5.74, 6) is -0.333. The zero-order chi connectivity index (χ0) is 21.1. The van der Waals surface area contributed by atoms with Crippen LogP contribution in [0.15, 0.2) is 54.9 Å². The molecule has 1 amide bonds. The molecule has 0 bridgehead atoms. The minimum absolute atomic E-state index is 0.0135. The predicted octanol–water partition coefficient (Wildman–Crippen LogP) is 3.52. The van der Waals surface area contributed by atoms with Gasteiger partial charge in [0.05, 0.1) is 47.0 Å². The molecule has 1 aromatic heterocycles. The molecule has 0 aliphatic carbocycles. The van der Waals surface area contributed by atoms with E-state index < -0.39 is 4.92 Å². The van der Waals surface area contributed by atoms with Crippen molar-refractivity contribution in [3.05, 3.63) is 75.6 Å². The van der Waals surface area contributed by atoms with Crippen molar-refractivity contribution in [2.75, 3.05) is 36.5 Å². The van der Waals surface area contributed by atoms with Gasteiger partial charge in [0.1, 0.15) is 0 Å². The number of carbonyl (C=O) groups is 1. The summed E-state index contributed by atoms with van der Waals surface area (Å²) in [6.45, 7) is 2.70. The molecule has 1 aliphatic heterocycles. The van der Waals surface area contributed by atoms with E-state index in [0.29, 0.717) is 35.2 Å². The number of ether oxygens (including phenoxy) is 1. The van der Waals surface area contributed by atoms with Gasteiger partial charge in [0, 0.05) is 36.4 Å². The molecule has 0 radical (unpaired) electrons. The van der Waals surface area contributed by atoms with Crippen LogP contribution in [0.25, 0.3) is 5.69 Å². The number of amides is 1. The molecule has 154 valence electrons. The summed E-state index contributed by atoms with van der Waals surface area (Å²) < 4.78 is 6.88. The maximum atomic E-state index is 12.8. The highest BCUT2D eigenvalue weighted by molar-refractivity contribution is 6.31. The van der Waals surface area contributed by atoms with Crippen LogP contribution in [0.4, 0.5) is 17.1 Å². The Morgan fingerprint density at radius 2 is 1.90 bits per heavy atom. The molecule has 2 heterocycles. The summed E-state index contributed by atoms with van der Waals surface area (Å²) >= 11 is 6.15. The lowest BCUT2D eigenvalue weighted by Crippen LogP contribution is -2.36.